The van der Waals surface area contributed by atoms with Gasteiger partial charge in [0.1, 0.15) is 11.4 Å². The molecular formula is C10H11ClN2O3S2. The second kappa shape index (κ2) is 4.81. The number of alkyl halides is 1. The highest BCUT2D eigenvalue weighted by Crippen LogP contribution is 2.51. The van der Waals surface area contributed by atoms with Gasteiger partial charge in [0.2, 0.25) is 0 Å². The molecule has 0 bridgehead atoms. The quantitative estimate of drug-likeness (QED) is 0.258. The van der Waals surface area contributed by atoms with Crippen molar-refractivity contribution in [3.63, 3.8) is 0 Å². The van der Waals surface area contributed by atoms with Crippen LogP contribution in [0.1, 0.15) is 13.8 Å². The molecule has 0 spiro atoms. The second-order valence-corrected chi connectivity index (χ2v) is 6.67. The lowest BCUT2D eigenvalue weighted by atomic mass is 9.96. The molecular weight excluding hydrogens is 296 g/mol. The van der Waals surface area contributed by atoms with E-state index < -0.39 is 22.8 Å². The number of hydrogen-bond acceptors (Lipinski definition) is 6. The number of aliphatic imine (C=N–C) groups is 1. The van der Waals surface area contributed by atoms with Crippen molar-refractivity contribution in [1.29, 1.82) is 0 Å². The lowest BCUT2D eigenvalue weighted by Crippen LogP contribution is -2.65. The van der Waals surface area contributed by atoms with Crippen molar-refractivity contribution in [1.82, 2.24) is 4.90 Å². The average Bonchev–Trinajstić information content (AvgIpc) is 2.55. The molecule has 2 rings (SSSR count). The van der Waals surface area contributed by atoms with Crippen molar-refractivity contribution < 1.29 is 14.3 Å². The van der Waals surface area contributed by atoms with Crippen molar-refractivity contribution in [2.45, 2.75) is 36.1 Å². The molecule has 0 N–H and O–H groups in total. The van der Waals surface area contributed by atoms with Crippen molar-refractivity contribution in [3.05, 3.63) is 0 Å². The van der Waals surface area contributed by atoms with E-state index in [2.05, 4.69) is 22.4 Å². The Balaban J connectivity index is 2.25. The summed E-state index contributed by atoms with van der Waals surface area (Å²) in [5.41, 5.74) is 0. The lowest BCUT2D eigenvalue weighted by Gasteiger charge is -2.41. The first-order chi connectivity index (χ1) is 8.44. The molecule has 1 amide bonds. The highest BCUT2D eigenvalue weighted by atomic mass is 35.5. The number of ether oxygens (including phenoxy) is 1. The summed E-state index contributed by atoms with van der Waals surface area (Å²) in [4.78, 5) is 29.1. The van der Waals surface area contributed by atoms with Crippen LogP contribution in [0.5, 0.6) is 0 Å². The number of isothiocyanates is 1. The number of rotatable bonds is 3. The van der Waals surface area contributed by atoms with E-state index in [1.807, 2.05) is 13.8 Å². The highest BCUT2D eigenvalue weighted by Gasteiger charge is 2.64. The molecule has 2 heterocycles. The predicted molar refractivity (Wildman–Crippen MR) is 71.7 cm³/mol. The van der Waals surface area contributed by atoms with Crippen LogP contribution in [0.25, 0.3) is 0 Å². The molecule has 98 valence electrons. The van der Waals surface area contributed by atoms with E-state index in [0.717, 1.165) is 0 Å². The first kappa shape index (κ1) is 13.8. The zero-order chi connectivity index (χ0) is 13.5. The number of thioether (sulfide) groups is 1. The fourth-order valence-electron chi connectivity index (χ4n) is 2.28. The Kier molecular flexibility index (Phi) is 3.69. The number of halogens is 1. The van der Waals surface area contributed by atoms with Gasteiger partial charge in [-0.1, -0.05) is 11.6 Å². The van der Waals surface area contributed by atoms with E-state index in [0.29, 0.717) is 0 Å². The maximum Gasteiger partial charge on any atom is 0.331 e. The van der Waals surface area contributed by atoms with Crippen LogP contribution in [0.15, 0.2) is 4.99 Å². The fraction of sp³-hybridized carbons (Fsp3) is 0.700. The third-order valence-corrected chi connectivity index (χ3v) is 4.80. The number of β-lactam (4-membered cyclic amide) rings is 1. The van der Waals surface area contributed by atoms with Gasteiger partial charge in [0.15, 0.2) is 12.1 Å². The lowest BCUT2D eigenvalue weighted by molar-refractivity contribution is -0.161. The number of fused-ring (bicyclic) bond motifs is 1. The van der Waals surface area contributed by atoms with E-state index >= 15 is 0 Å². The minimum atomic E-state index is -0.629. The molecule has 0 radical (unpaired) electrons. The molecule has 0 aromatic rings. The van der Waals surface area contributed by atoms with Gasteiger partial charge in [-0.3, -0.25) is 4.79 Å². The topological polar surface area (TPSA) is 59.0 Å². The van der Waals surface area contributed by atoms with Gasteiger partial charge in [-0.2, -0.15) is 0 Å². The number of hydrogen-bond donors (Lipinski definition) is 0. The van der Waals surface area contributed by atoms with E-state index in [-0.39, 0.29) is 17.3 Å². The first-order valence-electron chi connectivity index (χ1n) is 5.23. The third-order valence-electron chi connectivity index (χ3n) is 3.02. The molecule has 3 atom stereocenters. The molecule has 2 aliphatic rings. The second-order valence-electron chi connectivity index (χ2n) is 4.50. The molecule has 0 aromatic heterocycles. The van der Waals surface area contributed by atoms with Gasteiger partial charge in [-0.15, -0.1) is 11.8 Å². The minimum Gasteiger partial charge on any atom is -0.448 e. The van der Waals surface area contributed by atoms with Gasteiger partial charge < -0.3 is 9.64 Å². The summed E-state index contributed by atoms with van der Waals surface area (Å²) in [5.74, 6) is -0.699. The molecule has 2 fully saturated rings. The van der Waals surface area contributed by atoms with Crippen molar-refractivity contribution in [2.24, 2.45) is 4.99 Å². The Morgan fingerprint density at radius 1 is 1.72 bits per heavy atom. The summed E-state index contributed by atoms with van der Waals surface area (Å²) in [6, 6.07) is -1.37. The molecule has 18 heavy (non-hydrogen) atoms. The van der Waals surface area contributed by atoms with Crippen LogP contribution in [0, 0.1) is 0 Å². The summed E-state index contributed by atoms with van der Waals surface area (Å²) in [6.07, 6.45) is 0. The summed E-state index contributed by atoms with van der Waals surface area (Å²) in [6.45, 7) is 3.78. The van der Waals surface area contributed by atoms with Gasteiger partial charge in [0.05, 0.1) is 5.16 Å². The van der Waals surface area contributed by atoms with Crippen molar-refractivity contribution in [2.75, 3.05) is 6.07 Å². The van der Waals surface area contributed by atoms with Crippen LogP contribution in [-0.4, -0.2) is 50.2 Å². The summed E-state index contributed by atoms with van der Waals surface area (Å²) < 4.78 is 4.37. The highest BCUT2D eigenvalue weighted by molar-refractivity contribution is 8.01. The van der Waals surface area contributed by atoms with Crippen LogP contribution in [0.2, 0.25) is 0 Å². The number of carbonyl (C=O) groups is 2. The van der Waals surface area contributed by atoms with E-state index in [1.54, 1.807) is 0 Å². The fourth-order valence-corrected chi connectivity index (χ4v) is 4.11. The average molecular weight is 307 g/mol. The molecule has 0 aliphatic carbocycles. The zero-order valence-corrected chi connectivity index (χ0v) is 12.1. The molecule has 8 heteroatoms. The Bertz CT molecular complexity index is 450. The SMILES string of the molecule is CC1(C)S[C@@H]2[C@H](N=C=S)C(=O)N2[C@H]1C(=O)OCCl. The number of carbonyl (C=O) groups excluding carboxylic acids is 2. The molecule has 0 unspecified atom stereocenters. The van der Waals surface area contributed by atoms with Crippen LogP contribution in [-0.2, 0) is 14.3 Å². The Labute approximate surface area is 119 Å². The van der Waals surface area contributed by atoms with Gasteiger partial charge in [0, 0.05) is 4.75 Å². The van der Waals surface area contributed by atoms with Crippen molar-refractivity contribution in [3.8, 4) is 0 Å². The normalized spacial score (nSPS) is 32.3. The van der Waals surface area contributed by atoms with E-state index in [4.69, 9.17) is 16.3 Å². The van der Waals surface area contributed by atoms with Gasteiger partial charge in [-0.25, -0.2) is 9.79 Å². The number of nitrogens with zero attached hydrogens (tertiary/aromatic N) is 2. The smallest absolute Gasteiger partial charge is 0.331 e. The summed E-state index contributed by atoms with van der Waals surface area (Å²) in [7, 11) is 0. The van der Waals surface area contributed by atoms with E-state index in [9.17, 15) is 9.59 Å². The number of amides is 1. The minimum absolute atomic E-state index is 0.171. The largest absolute Gasteiger partial charge is 0.448 e. The summed E-state index contributed by atoms with van der Waals surface area (Å²) in [5, 5.41) is 2.05. The Morgan fingerprint density at radius 3 is 2.94 bits per heavy atom. The first-order valence-corrected chi connectivity index (χ1v) is 7.06. The predicted octanol–water partition coefficient (Wildman–Crippen LogP) is 1.26. The van der Waals surface area contributed by atoms with Gasteiger partial charge in [0.25, 0.3) is 5.91 Å². The maximum atomic E-state index is 11.9. The molecule has 2 saturated heterocycles. The van der Waals surface area contributed by atoms with Crippen molar-refractivity contribution >= 4 is 52.6 Å². The van der Waals surface area contributed by atoms with Gasteiger partial charge in [-0.05, 0) is 26.1 Å². The maximum absolute atomic E-state index is 11.9. The Hall–Kier alpha value is -0.620. The van der Waals surface area contributed by atoms with E-state index in [1.165, 1.54) is 16.7 Å². The molecule has 5 nitrogen and oxygen atoms in total. The third kappa shape index (κ3) is 1.95. The molecule has 2 aliphatic heterocycles. The van der Waals surface area contributed by atoms with Crippen LogP contribution < -0.4 is 0 Å². The van der Waals surface area contributed by atoms with Crippen LogP contribution in [0.4, 0.5) is 0 Å². The zero-order valence-electron chi connectivity index (χ0n) is 9.75. The monoisotopic (exact) mass is 306 g/mol. The molecule has 0 aromatic carbocycles. The standard InChI is InChI=1S/C10H11ClN2O3S2/c1-10(2)6(9(15)16-3-11)13-7(14)5(12-4-17)8(13)18-10/h5-6,8H,3H2,1-2H3/t5-,6+,8-/m1/s1. The number of thiocarbonyl (C=S) groups is 1. The molecule has 0 saturated carbocycles. The summed E-state index contributed by atoms with van der Waals surface area (Å²) >= 11 is 11.4. The van der Waals surface area contributed by atoms with Gasteiger partial charge >= 0.3 is 5.97 Å². The van der Waals surface area contributed by atoms with Crippen LogP contribution in [0.3, 0.4) is 0 Å². The number of esters is 1. The Morgan fingerprint density at radius 2 is 2.39 bits per heavy atom. The van der Waals surface area contributed by atoms with Crippen LogP contribution >= 0.6 is 35.6 Å².